The predicted molar refractivity (Wildman–Crippen MR) is 97.7 cm³/mol. The van der Waals surface area contributed by atoms with E-state index in [2.05, 4.69) is 18.8 Å². The van der Waals surface area contributed by atoms with Gasteiger partial charge in [0.15, 0.2) is 5.90 Å². The van der Waals surface area contributed by atoms with Gasteiger partial charge in [0.05, 0.1) is 6.54 Å². The first-order valence-electron chi connectivity index (χ1n) is 9.95. The lowest BCUT2D eigenvalue weighted by atomic mass is 10.0. The first-order chi connectivity index (χ1) is 10.8. The lowest BCUT2D eigenvalue weighted by Crippen LogP contribution is -1.98. The molecular formula is C20H39NO. The molecule has 0 fully saturated rings. The fourth-order valence-corrected chi connectivity index (χ4v) is 3.13. The summed E-state index contributed by atoms with van der Waals surface area (Å²) >= 11 is 0. The summed E-state index contributed by atoms with van der Waals surface area (Å²) in [6.45, 7) is 6.35. The Hall–Kier alpha value is -0.530. The van der Waals surface area contributed by atoms with Crippen molar-refractivity contribution in [1.29, 1.82) is 0 Å². The van der Waals surface area contributed by atoms with Crippen molar-refractivity contribution < 1.29 is 4.74 Å². The minimum absolute atomic E-state index is 0.813. The van der Waals surface area contributed by atoms with Gasteiger partial charge >= 0.3 is 0 Å². The Kier molecular flexibility index (Phi) is 12.5. The van der Waals surface area contributed by atoms with Crippen LogP contribution in [0.3, 0.4) is 0 Å². The van der Waals surface area contributed by atoms with E-state index in [1.165, 1.54) is 83.5 Å². The van der Waals surface area contributed by atoms with Gasteiger partial charge in [-0.1, -0.05) is 90.9 Å². The molecule has 0 aromatic heterocycles. The van der Waals surface area contributed by atoms with Crippen LogP contribution in [-0.4, -0.2) is 19.0 Å². The van der Waals surface area contributed by atoms with Crippen molar-refractivity contribution >= 4 is 5.90 Å². The van der Waals surface area contributed by atoms with Gasteiger partial charge in [-0.15, -0.1) is 0 Å². The number of hydrogen-bond acceptors (Lipinski definition) is 2. The molecule has 0 unspecified atom stereocenters. The van der Waals surface area contributed by atoms with E-state index >= 15 is 0 Å². The van der Waals surface area contributed by atoms with E-state index in [4.69, 9.17) is 4.74 Å². The molecule has 0 aliphatic carbocycles. The molecule has 1 aliphatic heterocycles. The third kappa shape index (κ3) is 12.1. The molecule has 0 saturated carbocycles. The third-order valence-corrected chi connectivity index (χ3v) is 4.57. The molecule has 1 aliphatic rings. The molecule has 1 rings (SSSR count). The van der Waals surface area contributed by atoms with Gasteiger partial charge in [-0.3, -0.25) is 4.99 Å². The van der Waals surface area contributed by atoms with E-state index in [9.17, 15) is 0 Å². The molecule has 2 nitrogen and oxygen atoms in total. The van der Waals surface area contributed by atoms with Gasteiger partial charge in [0.1, 0.15) is 6.61 Å². The van der Waals surface area contributed by atoms with E-state index in [1.54, 1.807) is 0 Å². The van der Waals surface area contributed by atoms with Crippen molar-refractivity contribution in [3.63, 3.8) is 0 Å². The molecule has 0 radical (unpaired) electrons. The highest BCUT2D eigenvalue weighted by atomic mass is 16.5. The Morgan fingerprint density at radius 3 is 1.73 bits per heavy atom. The largest absolute Gasteiger partial charge is 0.479 e. The van der Waals surface area contributed by atoms with Crippen LogP contribution in [0.5, 0.6) is 0 Å². The van der Waals surface area contributed by atoms with Crippen molar-refractivity contribution in [3.05, 3.63) is 0 Å². The summed E-state index contributed by atoms with van der Waals surface area (Å²) in [5.41, 5.74) is 0. The number of hydrogen-bond donors (Lipinski definition) is 0. The molecule has 0 atom stereocenters. The molecular weight excluding hydrogens is 270 g/mol. The summed E-state index contributed by atoms with van der Waals surface area (Å²) in [6.07, 6.45) is 19.5. The smallest absolute Gasteiger partial charge is 0.183 e. The van der Waals surface area contributed by atoms with Gasteiger partial charge in [0.25, 0.3) is 0 Å². The second kappa shape index (κ2) is 14.1. The summed E-state index contributed by atoms with van der Waals surface area (Å²) < 4.78 is 5.42. The number of rotatable bonds is 15. The van der Waals surface area contributed by atoms with Crippen LogP contribution in [0.1, 0.15) is 104 Å². The Balaban J connectivity index is 1.68. The van der Waals surface area contributed by atoms with Crippen LogP contribution < -0.4 is 0 Å². The molecule has 0 spiro atoms. The fourth-order valence-electron chi connectivity index (χ4n) is 3.13. The van der Waals surface area contributed by atoms with Gasteiger partial charge in [0, 0.05) is 6.42 Å². The van der Waals surface area contributed by atoms with Crippen LogP contribution in [0.4, 0.5) is 0 Å². The van der Waals surface area contributed by atoms with Gasteiger partial charge in [-0.25, -0.2) is 0 Å². The van der Waals surface area contributed by atoms with Gasteiger partial charge in [0.2, 0.25) is 0 Å². The first-order valence-corrected chi connectivity index (χ1v) is 9.95. The zero-order chi connectivity index (χ0) is 15.9. The molecule has 0 saturated heterocycles. The number of ether oxygens (including phenoxy) is 1. The Morgan fingerprint density at radius 1 is 0.773 bits per heavy atom. The summed E-state index contributed by atoms with van der Waals surface area (Å²) in [5.74, 6) is 1.90. The molecule has 130 valence electrons. The van der Waals surface area contributed by atoms with Crippen molar-refractivity contribution in [2.24, 2.45) is 10.9 Å². The average Bonchev–Trinajstić information content (AvgIpc) is 3.00. The monoisotopic (exact) mass is 309 g/mol. The molecule has 0 amide bonds. The third-order valence-electron chi connectivity index (χ3n) is 4.57. The molecule has 22 heavy (non-hydrogen) atoms. The highest BCUT2D eigenvalue weighted by molar-refractivity contribution is 5.77. The fraction of sp³-hybridized carbons (Fsp3) is 0.950. The molecule has 0 aromatic rings. The number of aliphatic imine (C=N–C) groups is 1. The van der Waals surface area contributed by atoms with Crippen LogP contribution in [-0.2, 0) is 4.74 Å². The van der Waals surface area contributed by atoms with Gasteiger partial charge in [-0.05, 0) is 12.3 Å². The minimum atomic E-state index is 0.813. The maximum Gasteiger partial charge on any atom is 0.183 e. The number of nitrogens with zero attached hydrogens (tertiary/aromatic N) is 1. The molecule has 1 heterocycles. The first kappa shape index (κ1) is 19.5. The summed E-state index contributed by atoms with van der Waals surface area (Å²) in [5, 5.41) is 0. The summed E-state index contributed by atoms with van der Waals surface area (Å²) in [4.78, 5) is 4.33. The second-order valence-corrected chi connectivity index (χ2v) is 7.30. The molecule has 2 heteroatoms. The van der Waals surface area contributed by atoms with Gasteiger partial charge in [-0.2, -0.15) is 0 Å². The van der Waals surface area contributed by atoms with Crippen molar-refractivity contribution in [2.45, 2.75) is 104 Å². The van der Waals surface area contributed by atoms with Crippen LogP contribution in [0.25, 0.3) is 0 Å². The zero-order valence-electron chi connectivity index (χ0n) is 15.2. The standard InChI is InChI=1S/C20H39NO/c1-19(2)15-13-11-9-7-5-3-4-6-8-10-12-14-16-20-21-17-18-22-20/h19H,3-18H2,1-2H3. The number of unbranched alkanes of at least 4 members (excludes halogenated alkanes) is 11. The lowest BCUT2D eigenvalue weighted by molar-refractivity contribution is 0.336. The Morgan fingerprint density at radius 2 is 1.27 bits per heavy atom. The van der Waals surface area contributed by atoms with E-state index in [-0.39, 0.29) is 0 Å². The van der Waals surface area contributed by atoms with Crippen molar-refractivity contribution in [3.8, 4) is 0 Å². The topological polar surface area (TPSA) is 21.6 Å². The van der Waals surface area contributed by atoms with E-state index in [0.29, 0.717) is 0 Å². The predicted octanol–water partition coefficient (Wildman–Crippen LogP) is 6.53. The molecule has 0 aromatic carbocycles. The molecule has 0 N–H and O–H groups in total. The van der Waals surface area contributed by atoms with Crippen molar-refractivity contribution in [2.75, 3.05) is 13.2 Å². The van der Waals surface area contributed by atoms with Crippen LogP contribution in [0, 0.1) is 5.92 Å². The van der Waals surface area contributed by atoms with Gasteiger partial charge < -0.3 is 4.74 Å². The highest BCUT2D eigenvalue weighted by Gasteiger charge is 2.05. The maximum atomic E-state index is 5.42. The maximum absolute atomic E-state index is 5.42. The van der Waals surface area contributed by atoms with E-state index in [1.807, 2.05) is 0 Å². The normalized spacial score (nSPS) is 14.4. The van der Waals surface area contributed by atoms with E-state index < -0.39 is 0 Å². The zero-order valence-corrected chi connectivity index (χ0v) is 15.2. The SMILES string of the molecule is CC(C)CCCCCCCCCCCCCCC1=NCCO1. The Bertz CT molecular complexity index is 273. The minimum Gasteiger partial charge on any atom is -0.479 e. The quantitative estimate of drug-likeness (QED) is 0.315. The Labute approximate surface area is 139 Å². The van der Waals surface area contributed by atoms with E-state index in [0.717, 1.165) is 31.4 Å². The van der Waals surface area contributed by atoms with Crippen molar-refractivity contribution in [1.82, 2.24) is 0 Å². The molecule has 0 bridgehead atoms. The average molecular weight is 310 g/mol. The summed E-state index contributed by atoms with van der Waals surface area (Å²) in [6, 6.07) is 0. The van der Waals surface area contributed by atoms with Crippen LogP contribution >= 0.6 is 0 Å². The highest BCUT2D eigenvalue weighted by Crippen LogP contribution is 2.14. The van der Waals surface area contributed by atoms with Crippen LogP contribution in [0.2, 0.25) is 0 Å². The van der Waals surface area contributed by atoms with Crippen LogP contribution in [0.15, 0.2) is 4.99 Å². The lowest BCUT2D eigenvalue weighted by Gasteiger charge is -2.05. The summed E-state index contributed by atoms with van der Waals surface area (Å²) in [7, 11) is 0. The second-order valence-electron chi connectivity index (χ2n) is 7.30.